The summed E-state index contributed by atoms with van der Waals surface area (Å²) in [4.78, 5) is 40.9. The Bertz CT molecular complexity index is 1430. The number of hydrogen-bond acceptors (Lipinski definition) is 4. The molecule has 0 bridgehead atoms. The van der Waals surface area contributed by atoms with E-state index in [-0.39, 0.29) is 29.2 Å². The van der Waals surface area contributed by atoms with Crippen molar-refractivity contribution in [1.29, 1.82) is 0 Å². The topological polar surface area (TPSA) is 82.8 Å². The van der Waals surface area contributed by atoms with E-state index in [2.05, 4.69) is 4.90 Å². The maximum atomic E-state index is 13.4. The Morgan fingerprint density at radius 2 is 1.60 bits per heavy atom. The Morgan fingerprint density at radius 1 is 0.950 bits per heavy atom. The van der Waals surface area contributed by atoms with E-state index in [1.807, 2.05) is 30.5 Å². The summed E-state index contributed by atoms with van der Waals surface area (Å²) in [6.07, 6.45) is 7.37. The molecule has 210 valence electrons. The zero-order chi connectivity index (χ0) is 28.4. The van der Waals surface area contributed by atoms with Gasteiger partial charge in [0.2, 0.25) is 11.8 Å². The molecular formula is C31H33F2N3O4. The van der Waals surface area contributed by atoms with Crippen LogP contribution in [0.4, 0.5) is 8.78 Å². The van der Waals surface area contributed by atoms with Crippen molar-refractivity contribution < 1.29 is 28.3 Å². The average molecular weight is 550 g/mol. The fourth-order valence-electron chi connectivity index (χ4n) is 6.32. The Morgan fingerprint density at radius 3 is 2.23 bits per heavy atom. The van der Waals surface area contributed by atoms with Gasteiger partial charge in [-0.1, -0.05) is 18.2 Å². The highest BCUT2D eigenvalue weighted by molar-refractivity contribution is 5.94. The van der Waals surface area contributed by atoms with Crippen molar-refractivity contribution >= 4 is 34.8 Å². The summed E-state index contributed by atoms with van der Waals surface area (Å²) in [5, 5.41) is 11.2. The van der Waals surface area contributed by atoms with Crippen molar-refractivity contribution in [2.24, 2.45) is 5.92 Å². The molecule has 2 fully saturated rings. The van der Waals surface area contributed by atoms with Crippen molar-refractivity contribution in [3.05, 3.63) is 77.5 Å². The van der Waals surface area contributed by atoms with Crippen molar-refractivity contribution in [2.45, 2.75) is 44.6 Å². The summed E-state index contributed by atoms with van der Waals surface area (Å²) in [7, 11) is 0. The van der Waals surface area contributed by atoms with Crippen molar-refractivity contribution in [3.8, 4) is 0 Å². The lowest BCUT2D eigenvalue weighted by molar-refractivity contribution is -0.147. The monoisotopic (exact) mass is 549 g/mol. The number of amides is 1. The molecule has 1 amide bonds. The van der Waals surface area contributed by atoms with Crippen LogP contribution in [0.15, 0.2) is 54.7 Å². The minimum absolute atomic E-state index is 0.0333. The van der Waals surface area contributed by atoms with Crippen molar-refractivity contribution in [1.82, 2.24) is 14.4 Å². The Hall–Kier alpha value is -3.85. The Kier molecular flexibility index (Phi) is 8.12. The van der Waals surface area contributed by atoms with Crippen LogP contribution in [0.25, 0.3) is 17.0 Å². The van der Waals surface area contributed by atoms with Gasteiger partial charge in [0.25, 0.3) is 0 Å². The molecule has 0 saturated carbocycles. The van der Waals surface area contributed by atoms with Gasteiger partial charge in [-0.25, -0.2) is 8.78 Å². The minimum atomic E-state index is -0.843. The van der Waals surface area contributed by atoms with Gasteiger partial charge < -0.3 is 10.0 Å². The lowest BCUT2D eigenvalue weighted by Gasteiger charge is -2.41. The second kappa shape index (κ2) is 11.7. The maximum Gasteiger partial charge on any atom is 0.321 e. The number of nitrogens with zero attached hydrogens (tertiary/aromatic N) is 3. The third kappa shape index (κ3) is 5.84. The lowest BCUT2D eigenvalue weighted by Crippen LogP contribution is -2.52. The fourth-order valence-corrected chi connectivity index (χ4v) is 6.32. The van der Waals surface area contributed by atoms with E-state index in [1.54, 1.807) is 16.4 Å². The van der Waals surface area contributed by atoms with Crippen molar-refractivity contribution in [2.75, 3.05) is 26.2 Å². The number of carboxylic acids is 1. The largest absolute Gasteiger partial charge is 0.480 e. The SMILES string of the molecule is CC(=O)n1cc(C2CCN(C(C(=O)O)C3CCN(C(=O)/C=C/c4cc(F)cc(F)c4)CC3)CC2)c2ccccc21. The van der Waals surface area contributed by atoms with Gasteiger partial charge in [0.05, 0.1) is 5.52 Å². The van der Waals surface area contributed by atoms with Gasteiger partial charge in [-0.3, -0.25) is 23.9 Å². The van der Waals surface area contributed by atoms with Crippen LogP contribution in [0.3, 0.4) is 0 Å². The molecule has 1 unspecified atom stereocenters. The van der Waals surface area contributed by atoms with Gasteiger partial charge in [-0.15, -0.1) is 0 Å². The summed E-state index contributed by atoms with van der Waals surface area (Å²) in [5.74, 6) is -2.40. The molecule has 2 saturated heterocycles. The predicted octanol–water partition coefficient (Wildman–Crippen LogP) is 5.16. The van der Waals surface area contributed by atoms with Crippen LogP contribution in [0.1, 0.15) is 54.4 Å². The minimum Gasteiger partial charge on any atom is -0.480 e. The number of carbonyl (C=O) groups excluding carboxylic acids is 2. The van der Waals surface area contributed by atoms with Gasteiger partial charge in [0.15, 0.2) is 0 Å². The number of carboxylic acid groups (broad SMARTS) is 1. The first-order valence-corrected chi connectivity index (χ1v) is 13.7. The second-order valence-corrected chi connectivity index (χ2v) is 10.8. The standard InChI is InChI=1S/C31H33F2N3O4/c1-20(37)36-19-27(26-4-2-3-5-28(26)36)22-8-14-35(15-9-22)30(31(39)40)23-10-12-34(13-11-23)29(38)7-6-21-16-24(32)18-25(33)17-21/h2-7,16-19,22-23,30H,8-15H2,1H3,(H,39,40)/b7-6+. The smallest absolute Gasteiger partial charge is 0.321 e. The number of aliphatic carboxylic acids is 1. The lowest BCUT2D eigenvalue weighted by atomic mass is 9.84. The molecule has 1 N–H and O–H groups in total. The number of rotatable bonds is 6. The Balaban J connectivity index is 1.19. The molecule has 3 aromatic rings. The van der Waals surface area contributed by atoms with Crippen LogP contribution >= 0.6 is 0 Å². The van der Waals surface area contributed by atoms with E-state index in [1.165, 1.54) is 12.2 Å². The molecule has 0 radical (unpaired) electrons. The number of benzene rings is 2. The number of halogens is 2. The maximum absolute atomic E-state index is 13.4. The number of aromatic nitrogens is 1. The van der Waals surface area contributed by atoms with Gasteiger partial charge in [-0.05, 0) is 86.0 Å². The highest BCUT2D eigenvalue weighted by Gasteiger charge is 2.38. The third-order valence-corrected chi connectivity index (χ3v) is 8.30. The highest BCUT2D eigenvalue weighted by Crippen LogP contribution is 2.36. The number of fused-ring (bicyclic) bond motifs is 1. The predicted molar refractivity (Wildman–Crippen MR) is 148 cm³/mol. The van der Waals surface area contributed by atoms with E-state index in [0.717, 1.165) is 47.5 Å². The first-order valence-electron chi connectivity index (χ1n) is 13.7. The molecule has 2 aliphatic heterocycles. The zero-order valence-electron chi connectivity index (χ0n) is 22.4. The van der Waals surface area contributed by atoms with Gasteiger partial charge in [0.1, 0.15) is 17.7 Å². The number of hydrogen-bond donors (Lipinski definition) is 1. The molecule has 0 spiro atoms. The fraction of sp³-hybridized carbons (Fsp3) is 0.387. The summed E-state index contributed by atoms with van der Waals surface area (Å²) >= 11 is 0. The van der Waals surface area contributed by atoms with E-state index < -0.39 is 23.6 Å². The molecule has 7 nitrogen and oxygen atoms in total. The molecule has 9 heteroatoms. The zero-order valence-corrected chi connectivity index (χ0v) is 22.4. The van der Waals surface area contributed by atoms with Crippen LogP contribution in [-0.2, 0) is 9.59 Å². The average Bonchev–Trinajstić information content (AvgIpc) is 3.32. The Labute approximate surface area is 231 Å². The molecule has 2 aliphatic rings. The van der Waals surface area contributed by atoms with Crippen LogP contribution in [0.5, 0.6) is 0 Å². The van der Waals surface area contributed by atoms with E-state index in [4.69, 9.17) is 0 Å². The number of carbonyl (C=O) groups is 3. The van der Waals surface area contributed by atoms with Crippen LogP contribution in [-0.4, -0.2) is 69.5 Å². The number of para-hydroxylation sites is 1. The van der Waals surface area contributed by atoms with Crippen LogP contribution in [0, 0.1) is 17.6 Å². The summed E-state index contributed by atoms with van der Waals surface area (Å²) < 4.78 is 28.5. The molecule has 2 aromatic carbocycles. The number of piperidine rings is 2. The molecule has 1 atom stereocenters. The molecule has 0 aliphatic carbocycles. The van der Waals surface area contributed by atoms with Gasteiger partial charge >= 0.3 is 5.97 Å². The third-order valence-electron chi connectivity index (χ3n) is 8.30. The molecule has 40 heavy (non-hydrogen) atoms. The van der Waals surface area contributed by atoms with Crippen molar-refractivity contribution in [3.63, 3.8) is 0 Å². The molecule has 3 heterocycles. The number of likely N-dealkylation sites (tertiary alicyclic amines) is 2. The normalized spacial score (nSPS) is 18.4. The van der Waals surface area contributed by atoms with E-state index in [9.17, 15) is 28.3 Å². The molecule has 1 aromatic heterocycles. The quantitative estimate of drug-likeness (QED) is 0.430. The van der Waals surface area contributed by atoms with Crippen LogP contribution < -0.4 is 0 Å². The molecular weight excluding hydrogens is 516 g/mol. The highest BCUT2D eigenvalue weighted by atomic mass is 19.1. The summed E-state index contributed by atoms with van der Waals surface area (Å²) in [6.45, 7) is 3.70. The first-order chi connectivity index (χ1) is 19.2. The summed E-state index contributed by atoms with van der Waals surface area (Å²) in [6, 6.07) is 10.3. The van der Waals surface area contributed by atoms with E-state index >= 15 is 0 Å². The van der Waals surface area contributed by atoms with Gasteiger partial charge in [0, 0.05) is 43.7 Å². The molecule has 5 rings (SSSR count). The second-order valence-electron chi connectivity index (χ2n) is 10.8. The first kappa shape index (κ1) is 27.7. The van der Waals surface area contributed by atoms with E-state index in [0.29, 0.717) is 39.0 Å². The van der Waals surface area contributed by atoms with Gasteiger partial charge in [-0.2, -0.15) is 0 Å². The van der Waals surface area contributed by atoms with Crippen LogP contribution in [0.2, 0.25) is 0 Å². The summed E-state index contributed by atoms with van der Waals surface area (Å²) in [5.41, 5.74) is 2.30.